The minimum absolute atomic E-state index is 0.418. The normalized spacial score (nSPS) is 27.6. The highest BCUT2D eigenvalue weighted by molar-refractivity contribution is 4.86. The summed E-state index contributed by atoms with van der Waals surface area (Å²) >= 11 is 0. The van der Waals surface area contributed by atoms with Gasteiger partial charge in [0.05, 0.1) is 5.60 Å². The Morgan fingerprint density at radius 1 is 1.11 bits per heavy atom. The van der Waals surface area contributed by atoms with Gasteiger partial charge in [-0.3, -0.25) is 0 Å². The molecule has 0 aromatic rings. The van der Waals surface area contributed by atoms with Crippen LogP contribution in [0.3, 0.4) is 0 Å². The Hall–Kier alpha value is -0.0800. The van der Waals surface area contributed by atoms with Gasteiger partial charge in [-0.1, -0.05) is 65.2 Å². The van der Waals surface area contributed by atoms with Crippen molar-refractivity contribution in [3.05, 3.63) is 0 Å². The van der Waals surface area contributed by atoms with Crippen molar-refractivity contribution in [3.63, 3.8) is 0 Å². The van der Waals surface area contributed by atoms with Gasteiger partial charge in [0.1, 0.15) is 0 Å². The van der Waals surface area contributed by atoms with Gasteiger partial charge in [-0.15, -0.1) is 0 Å². The Kier molecular flexibility index (Phi) is 8.72. The molecule has 1 aliphatic rings. The summed E-state index contributed by atoms with van der Waals surface area (Å²) < 4.78 is 0. The van der Waals surface area contributed by atoms with E-state index in [2.05, 4.69) is 19.2 Å². The van der Waals surface area contributed by atoms with Crippen LogP contribution in [0.4, 0.5) is 0 Å². The molecule has 0 bridgehead atoms. The van der Waals surface area contributed by atoms with Crippen molar-refractivity contribution in [1.82, 2.24) is 5.32 Å². The number of aliphatic hydroxyl groups is 1. The van der Waals surface area contributed by atoms with E-state index in [-0.39, 0.29) is 0 Å². The van der Waals surface area contributed by atoms with Crippen molar-refractivity contribution in [2.45, 2.75) is 90.1 Å². The smallest absolute Gasteiger partial charge is 0.0774 e. The summed E-state index contributed by atoms with van der Waals surface area (Å²) in [6.45, 7) is 6.40. The van der Waals surface area contributed by atoms with E-state index in [0.717, 1.165) is 25.9 Å². The van der Waals surface area contributed by atoms with Gasteiger partial charge in [0.25, 0.3) is 0 Å². The van der Waals surface area contributed by atoms with E-state index in [1.54, 1.807) is 0 Å². The quantitative estimate of drug-likeness (QED) is 0.581. The minimum atomic E-state index is -0.418. The maximum atomic E-state index is 10.5. The summed E-state index contributed by atoms with van der Waals surface area (Å²) in [4.78, 5) is 0. The van der Waals surface area contributed by atoms with E-state index in [0.29, 0.717) is 5.92 Å². The molecule has 1 rings (SSSR count). The standard InChI is InChI=1S/C17H35NO/c1-3-4-5-6-7-8-9-13-18-15-17(19)12-10-11-16(2)14-17/h16,18-19H,3-15H2,1-2H3. The van der Waals surface area contributed by atoms with Crippen LogP contribution in [-0.2, 0) is 0 Å². The molecule has 1 saturated carbocycles. The van der Waals surface area contributed by atoms with Crippen molar-refractivity contribution in [2.75, 3.05) is 13.1 Å². The average molecular weight is 269 g/mol. The van der Waals surface area contributed by atoms with E-state index in [1.807, 2.05) is 0 Å². The van der Waals surface area contributed by atoms with Crippen molar-refractivity contribution >= 4 is 0 Å². The maximum Gasteiger partial charge on any atom is 0.0774 e. The minimum Gasteiger partial charge on any atom is -0.389 e. The van der Waals surface area contributed by atoms with Crippen LogP contribution in [0.2, 0.25) is 0 Å². The maximum absolute atomic E-state index is 10.5. The van der Waals surface area contributed by atoms with E-state index < -0.39 is 5.60 Å². The van der Waals surface area contributed by atoms with Crippen molar-refractivity contribution in [2.24, 2.45) is 5.92 Å². The Morgan fingerprint density at radius 3 is 2.47 bits per heavy atom. The highest BCUT2D eigenvalue weighted by atomic mass is 16.3. The molecule has 1 aliphatic carbocycles. The third-order valence-corrected chi connectivity index (χ3v) is 4.48. The first-order valence-corrected chi connectivity index (χ1v) is 8.59. The monoisotopic (exact) mass is 269 g/mol. The fourth-order valence-electron chi connectivity index (χ4n) is 3.32. The third kappa shape index (κ3) is 7.94. The topological polar surface area (TPSA) is 32.3 Å². The molecule has 0 saturated heterocycles. The molecule has 0 spiro atoms. The van der Waals surface area contributed by atoms with Crippen molar-refractivity contribution in [3.8, 4) is 0 Å². The molecule has 2 heteroatoms. The zero-order chi connectivity index (χ0) is 14.0. The zero-order valence-electron chi connectivity index (χ0n) is 13.2. The van der Waals surface area contributed by atoms with Crippen LogP contribution in [-0.4, -0.2) is 23.8 Å². The predicted octanol–water partition coefficient (Wildman–Crippen LogP) is 4.27. The van der Waals surface area contributed by atoms with Gasteiger partial charge in [-0.25, -0.2) is 0 Å². The van der Waals surface area contributed by atoms with Crippen molar-refractivity contribution in [1.29, 1.82) is 0 Å². The van der Waals surface area contributed by atoms with Crippen LogP contribution in [0.25, 0.3) is 0 Å². The molecule has 0 aromatic heterocycles. The summed E-state index contributed by atoms with van der Waals surface area (Å²) in [5.74, 6) is 0.694. The second kappa shape index (κ2) is 9.77. The molecule has 2 unspecified atom stereocenters. The summed E-state index contributed by atoms with van der Waals surface area (Å²) in [5.41, 5.74) is -0.418. The lowest BCUT2D eigenvalue weighted by Gasteiger charge is -2.35. The van der Waals surface area contributed by atoms with Gasteiger partial charge in [0.2, 0.25) is 0 Å². The summed E-state index contributed by atoms with van der Waals surface area (Å²) in [6, 6.07) is 0. The molecule has 1 fully saturated rings. The number of hydrogen-bond acceptors (Lipinski definition) is 2. The van der Waals surface area contributed by atoms with Crippen LogP contribution in [0, 0.1) is 5.92 Å². The molecule has 0 radical (unpaired) electrons. The van der Waals surface area contributed by atoms with E-state index >= 15 is 0 Å². The van der Waals surface area contributed by atoms with Crippen LogP contribution in [0.5, 0.6) is 0 Å². The van der Waals surface area contributed by atoms with Crippen LogP contribution >= 0.6 is 0 Å². The molecule has 2 N–H and O–H groups in total. The van der Waals surface area contributed by atoms with Crippen LogP contribution < -0.4 is 5.32 Å². The van der Waals surface area contributed by atoms with Gasteiger partial charge in [-0.05, 0) is 31.7 Å². The first kappa shape index (κ1) is 17.0. The molecule has 0 aliphatic heterocycles. The van der Waals surface area contributed by atoms with Gasteiger partial charge in [0, 0.05) is 6.54 Å². The first-order valence-electron chi connectivity index (χ1n) is 8.59. The van der Waals surface area contributed by atoms with Crippen LogP contribution in [0.15, 0.2) is 0 Å². The molecule has 114 valence electrons. The number of unbranched alkanes of at least 4 members (excludes halogenated alkanes) is 6. The van der Waals surface area contributed by atoms with E-state index in [9.17, 15) is 5.11 Å². The van der Waals surface area contributed by atoms with E-state index in [4.69, 9.17) is 0 Å². The lowest BCUT2D eigenvalue weighted by molar-refractivity contribution is -0.0115. The van der Waals surface area contributed by atoms with Crippen molar-refractivity contribution < 1.29 is 5.11 Å². The Morgan fingerprint density at radius 2 is 1.79 bits per heavy atom. The fraction of sp³-hybridized carbons (Fsp3) is 1.00. The zero-order valence-corrected chi connectivity index (χ0v) is 13.2. The molecule has 2 nitrogen and oxygen atoms in total. The Balaban J connectivity index is 1.92. The largest absolute Gasteiger partial charge is 0.389 e. The number of rotatable bonds is 10. The third-order valence-electron chi connectivity index (χ3n) is 4.48. The van der Waals surface area contributed by atoms with Gasteiger partial charge in [-0.2, -0.15) is 0 Å². The molecule has 0 amide bonds. The van der Waals surface area contributed by atoms with Gasteiger partial charge >= 0.3 is 0 Å². The van der Waals surface area contributed by atoms with Crippen LogP contribution in [0.1, 0.15) is 84.5 Å². The number of nitrogens with one attached hydrogen (secondary N) is 1. The highest BCUT2D eigenvalue weighted by Gasteiger charge is 2.31. The molecule has 19 heavy (non-hydrogen) atoms. The lowest BCUT2D eigenvalue weighted by atomic mass is 9.79. The molecule has 0 aromatic carbocycles. The predicted molar refractivity (Wildman–Crippen MR) is 83.4 cm³/mol. The summed E-state index contributed by atoms with van der Waals surface area (Å²) in [6.07, 6.45) is 14.0. The number of hydrogen-bond donors (Lipinski definition) is 2. The van der Waals surface area contributed by atoms with Gasteiger partial charge < -0.3 is 10.4 Å². The summed E-state index contributed by atoms with van der Waals surface area (Å²) in [7, 11) is 0. The second-order valence-corrected chi connectivity index (χ2v) is 6.72. The highest BCUT2D eigenvalue weighted by Crippen LogP contribution is 2.31. The Labute approximate surface area is 120 Å². The Bertz CT molecular complexity index is 219. The SMILES string of the molecule is CCCCCCCCCNCC1(O)CCCC(C)C1. The fourth-order valence-corrected chi connectivity index (χ4v) is 3.32. The molecular weight excluding hydrogens is 234 g/mol. The molecule has 2 atom stereocenters. The molecular formula is C17H35NO. The average Bonchev–Trinajstić information content (AvgIpc) is 2.36. The molecule has 0 heterocycles. The van der Waals surface area contributed by atoms with E-state index in [1.165, 1.54) is 57.8 Å². The lowest BCUT2D eigenvalue weighted by Crippen LogP contribution is -2.44. The van der Waals surface area contributed by atoms with Gasteiger partial charge in [0.15, 0.2) is 0 Å². The second-order valence-electron chi connectivity index (χ2n) is 6.72. The summed E-state index contributed by atoms with van der Waals surface area (Å²) in [5, 5.41) is 13.9. The first-order chi connectivity index (χ1) is 9.16.